The summed E-state index contributed by atoms with van der Waals surface area (Å²) in [5.74, 6) is 0.491. The fourth-order valence-electron chi connectivity index (χ4n) is 1.96. The lowest BCUT2D eigenvalue weighted by atomic mass is 10.0. The molecule has 0 amide bonds. The first-order valence-electron chi connectivity index (χ1n) is 6.71. The van der Waals surface area contributed by atoms with Crippen LogP contribution in [0.2, 0.25) is 0 Å². The van der Waals surface area contributed by atoms with E-state index in [0.29, 0.717) is 17.2 Å². The van der Waals surface area contributed by atoms with Gasteiger partial charge in [-0.25, -0.2) is 8.42 Å². The Hall–Kier alpha value is -1.68. The molecule has 1 aromatic heterocycles. The van der Waals surface area contributed by atoms with E-state index in [0.717, 1.165) is 11.3 Å². The van der Waals surface area contributed by atoms with E-state index in [2.05, 4.69) is 18.8 Å². The maximum absolute atomic E-state index is 12.3. The summed E-state index contributed by atoms with van der Waals surface area (Å²) >= 11 is 0. The Morgan fingerprint density at radius 1 is 1.05 bits per heavy atom. The molecule has 0 fully saturated rings. The van der Waals surface area contributed by atoms with Gasteiger partial charge in [0.15, 0.2) is 9.84 Å². The monoisotopic (exact) mass is 289 g/mol. The Bertz CT molecular complexity index is 647. The largest absolute Gasteiger partial charge is 0.261 e. The van der Waals surface area contributed by atoms with Crippen LogP contribution < -0.4 is 0 Å². The molecule has 20 heavy (non-hydrogen) atoms. The lowest BCUT2D eigenvalue weighted by Gasteiger charge is -2.08. The molecule has 1 aromatic carbocycles. The van der Waals surface area contributed by atoms with Crippen LogP contribution in [0.3, 0.4) is 0 Å². The van der Waals surface area contributed by atoms with Crippen LogP contribution >= 0.6 is 0 Å². The number of nitrogens with zero attached hydrogens (tertiary/aromatic N) is 1. The molecule has 0 N–H and O–H groups in total. The van der Waals surface area contributed by atoms with Crippen LogP contribution in [-0.2, 0) is 16.3 Å². The molecule has 0 saturated carbocycles. The topological polar surface area (TPSA) is 47.0 Å². The van der Waals surface area contributed by atoms with Crippen molar-refractivity contribution in [2.75, 3.05) is 5.75 Å². The average molecular weight is 289 g/mol. The minimum absolute atomic E-state index is 0.0883. The summed E-state index contributed by atoms with van der Waals surface area (Å²) in [6.45, 7) is 4.18. The van der Waals surface area contributed by atoms with Crippen molar-refractivity contribution in [2.45, 2.75) is 31.1 Å². The highest BCUT2D eigenvalue weighted by atomic mass is 32.2. The number of hydrogen-bond donors (Lipinski definition) is 0. The number of hydrogen-bond acceptors (Lipinski definition) is 3. The van der Waals surface area contributed by atoms with Crippen molar-refractivity contribution in [1.29, 1.82) is 0 Å². The Labute approximate surface area is 120 Å². The Morgan fingerprint density at radius 3 is 2.30 bits per heavy atom. The van der Waals surface area contributed by atoms with E-state index < -0.39 is 9.84 Å². The molecule has 3 nitrogen and oxygen atoms in total. The molecular formula is C16H19NO2S. The summed E-state index contributed by atoms with van der Waals surface area (Å²) in [4.78, 5) is 4.54. The summed E-state index contributed by atoms with van der Waals surface area (Å²) < 4.78 is 24.5. The highest BCUT2D eigenvalue weighted by molar-refractivity contribution is 7.91. The maximum atomic E-state index is 12.3. The zero-order valence-corrected chi connectivity index (χ0v) is 12.6. The van der Waals surface area contributed by atoms with E-state index in [1.807, 2.05) is 30.3 Å². The van der Waals surface area contributed by atoms with Crippen molar-refractivity contribution in [3.8, 4) is 0 Å². The zero-order valence-electron chi connectivity index (χ0n) is 11.8. The second kappa shape index (κ2) is 6.18. The minimum Gasteiger partial charge on any atom is -0.261 e. The molecule has 2 rings (SSSR count). The van der Waals surface area contributed by atoms with Gasteiger partial charge in [-0.05, 0) is 35.7 Å². The summed E-state index contributed by atoms with van der Waals surface area (Å²) in [5, 5.41) is 0. The predicted octanol–water partition coefficient (Wildman–Crippen LogP) is 3.22. The summed E-state index contributed by atoms with van der Waals surface area (Å²) in [6.07, 6.45) is 2.12. The van der Waals surface area contributed by atoms with Gasteiger partial charge >= 0.3 is 0 Å². The van der Waals surface area contributed by atoms with Gasteiger partial charge in [-0.15, -0.1) is 0 Å². The summed E-state index contributed by atoms with van der Waals surface area (Å²) in [5.41, 5.74) is 1.95. The van der Waals surface area contributed by atoms with Crippen molar-refractivity contribution in [1.82, 2.24) is 4.98 Å². The summed E-state index contributed by atoms with van der Waals surface area (Å²) in [7, 11) is -3.24. The molecule has 0 bridgehead atoms. The van der Waals surface area contributed by atoms with E-state index in [4.69, 9.17) is 0 Å². The third kappa shape index (κ3) is 3.67. The van der Waals surface area contributed by atoms with Gasteiger partial charge in [-0.3, -0.25) is 4.98 Å². The molecule has 0 radical (unpaired) electrons. The number of aryl methyl sites for hydroxylation is 1. The lowest BCUT2D eigenvalue weighted by molar-refractivity contribution is 0.595. The van der Waals surface area contributed by atoms with Gasteiger partial charge in [0.25, 0.3) is 0 Å². The van der Waals surface area contributed by atoms with Crippen molar-refractivity contribution < 1.29 is 8.42 Å². The fourth-order valence-corrected chi connectivity index (χ4v) is 3.23. The zero-order chi connectivity index (χ0) is 14.6. The quantitative estimate of drug-likeness (QED) is 0.849. The first kappa shape index (κ1) is 14.7. The van der Waals surface area contributed by atoms with Crippen LogP contribution in [0.15, 0.2) is 53.6 Å². The molecule has 0 spiro atoms. The first-order valence-corrected chi connectivity index (χ1v) is 8.37. The van der Waals surface area contributed by atoms with Gasteiger partial charge in [-0.1, -0.05) is 32.0 Å². The lowest BCUT2D eigenvalue weighted by Crippen LogP contribution is -2.10. The van der Waals surface area contributed by atoms with Crippen LogP contribution in [0.4, 0.5) is 0 Å². The molecule has 2 aromatic rings. The predicted molar refractivity (Wildman–Crippen MR) is 80.5 cm³/mol. The van der Waals surface area contributed by atoms with Gasteiger partial charge in [-0.2, -0.15) is 0 Å². The Morgan fingerprint density at radius 2 is 1.75 bits per heavy atom. The van der Waals surface area contributed by atoms with E-state index in [1.165, 1.54) is 0 Å². The van der Waals surface area contributed by atoms with Gasteiger partial charge in [0, 0.05) is 18.3 Å². The van der Waals surface area contributed by atoms with Crippen molar-refractivity contribution >= 4 is 9.84 Å². The third-order valence-corrected chi connectivity index (χ3v) is 4.99. The van der Waals surface area contributed by atoms with E-state index in [-0.39, 0.29) is 5.75 Å². The Kier molecular flexibility index (Phi) is 4.55. The number of rotatable bonds is 5. The molecule has 0 aliphatic rings. The molecule has 106 valence electrons. The van der Waals surface area contributed by atoms with Gasteiger partial charge in [0.1, 0.15) is 0 Å². The normalized spacial score (nSPS) is 11.8. The molecule has 0 atom stereocenters. The van der Waals surface area contributed by atoms with Crippen molar-refractivity contribution in [3.05, 3.63) is 59.9 Å². The second-order valence-electron chi connectivity index (χ2n) is 5.11. The Balaban J connectivity index is 2.10. The smallest absolute Gasteiger partial charge is 0.178 e. The number of benzene rings is 1. The molecule has 4 heteroatoms. The SMILES string of the molecule is CC(C)c1ccc(S(=O)(=O)CCc2ccccn2)cc1. The van der Waals surface area contributed by atoms with Gasteiger partial charge in [0.2, 0.25) is 0 Å². The second-order valence-corrected chi connectivity index (χ2v) is 7.22. The van der Waals surface area contributed by atoms with Crippen LogP contribution in [-0.4, -0.2) is 19.2 Å². The molecule has 0 unspecified atom stereocenters. The standard InChI is InChI=1S/C16H19NO2S/c1-13(2)14-6-8-16(9-7-14)20(18,19)12-10-15-5-3-4-11-17-15/h3-9,11,13H,10,12H2,1-2H3. The van der Waals surface area contributed by atoms with Crippen LogP contribution in [0, 0.1) is 0 Å². The number of sulfone groups is 1. The van der Waals surface area contributed by atoms with Crippen molar-refractivity contribution in [3.63, 3.8) is 0 Å². The highest BCUT2D eigenvalue weighted by Gasteiger charge is 2.14. The van der Waals surface area contributed by atoms with Crippen LogP contribution in [0.5, 0.6) is 0 Å². The van der Waals surface area contributed by atoms with Crippen molar-refractivity contribution in [2.24, 2.45) is 0 Å². The average Bonchev–Trinajstić information content (AvgIpc) is 2.46. The van der Waals surface area contributed by atoms with E-state index in [1.54, 1.807) is 18.3 Å². The highest BCUT2D eigenvalue weighted by Crippen LogP contribution is 2.18. The molecule has 0 aliphatic heterocycles. The molecule has 1 heterocycles. The fraction of sp³-hybridized carbons (Fsp3) is 0.312. The van der Waals surface area contributed by atoms with E-state index in [9.17, 15) is 8.42 Å². The molecular weight excluding hydrogens is 270 g/mol. The molecule has 0 aliphatic carbocycles. The third-order valence-electron chi connectivity index (χ3n) is 3.26. The number of aromatic nitrogens is 1. The van der Waals surface area contributed by atoms with Crippen LogP contribution in [0.25, 0.3) is 0 Å². The summed E-state index contributed by atoms with van der Waals surface area (Å²) in [6, 6.07) is 12.7. The maximum Gasteiger partial charge on any atom is 0.178 e. The minimum atomic E-state index is -3.24. The first-order chi connectivity index (χ1) is 9.49. The van der Waals surface area contributed by atoms with Crippen LogP contribution in [0.1, 0.15) is 31.0 Å². The molecule has 0 saturated heterocycles. The van der Waals surface area contributed by atoms with Gasteiger partial charge in [0.05, 0.1) is 10.6 Å². The number of pyridine rings is 1. The van der Waals surface area contributed by atoms with E-state index >= 15 is 0 Å². The van der Waals surface area contributed by atoms with Gasteiger partial charge < -0.3 is 0 Å².